The number of benzene rings is 3. The Kier molecular flexibility index (Phi) is 6.02. The number of phenolic OH excluding ortho intramolecular Hbond substituents is 1. The van der Waals surface area contributed by atoms with Crippen molar-refractivity contribution in [3.63, 3.8) is 0 Å². The Bertz CT molecular complexity index is 1010. The number of rotatable bonds is 4. The zero-order valence-corrected chi connectivity index (χ0v) is 16.5. The van der Waals surface area contributed by atoms with Crippen molar-refractivity contribution in [1.82, 2.24) is 0 Å². The van der Waals surface area contributed by atoms with Crippen molar-refractivity contribution in [2.24, 2.45) is 0 Å². The van der Waals surface area contributed by atoms with Gasteiger partial charge in [0.25, 0.3) is 5.91 Å². The van der Waals surface area contributed by atoms with Gasteiger partial charge in [0.1, 0.15) is 11.3 Å². The second kappa shape index (κ2) is 8.28. The molecule has 0 radical (unpaired) electrons. The van der Waals surface area contributed by atoms with Crippen molar-refractivity contribution in [3.05, 3.63) is 80.3 Å². The van der Waals surface area contributed by atoms with Gasteiger partial charge >= 0.3 is 0 Å². The van der Waals surface area contributed by atoms with Crippen molar-refractivity contribution in [2.75, 3.05) is 5.32 Å². The average Bonchev–Trinajstić information content (AvgIpc) is 2.61. The first kappa shape index (κ1) is 19.6. The Labute approximate surface area is 175 Å². The van der Waals surface area contributed by atoms with Gasteiger partial charge in [-0.2, -0.15) is 0 Å². The molecule has 0 aliphatic heterocycles. The van der Waals surface area contributed by atoms with Crippen molar-refractivity contribution < 1.29 is 14.6 Å². The SMILES string of the molecule is O=C(Nc1cccc(Cl)c1)c1c(O)c(Cl)cc(Cl)c1Oc1ccc(Cl)cc1. The number of aromatic hydroxyl groups is 1. The number of ether oxygens (including phenoxy) is 1. The molecule has 2 N–H and O–H groups in total. The number of anilines is 1. The third-order valence-corrected chi connectivity index (χ3v) is 4.56. The van der Waals surface area contributed by atoms with Crippen LogP contribution in [0.15, 0.2) is 54.6 Å². The van der Waals surface area contributed by atoms with Crippen LogP contribution in [0.1, 0.15) is 10.4 Å². The molecule has 1 amide bonds. The van der Waals surface area contributed by atoms with E-state index in [2.05, 4.69) is 5.32 Å². The molecule has 0 aromatic heterocycles. The Morgan fingerprint density at radius 2 is 1.59 bits per heavy atom. The lowest BCUT2D eigenvalue weighted by molar-refractivity contribution is 0.102. The van der Waals surface area contributed by atoms with Crippen LogP contribution in [-0.2, 0) is 0 Å². The summed E-state index contributed by atoms with van der Waals surface area (Å²) in [6.45, 7) is 0. The Hall–Kier alpha value is -2.11. The number of halogens is 4. The predicted molar refractivity (Wildman–Crippen MR) is 109 cm³/mol. The Morgan fingerprint density at radius 1 is 0.889 bits per heavy atom. The number of amides is 1. The van der Waals surface area contributed by atoms with E-state index in [1.807, 2.05) is 0 Å². The molecule has 3 aromatic rings. The lowest BCUT2D eigenvalue weighted by atomic mass is 10.1. The summed E-state index contributed by atoms with van der Waals surface area (Å²) in [4.78, 5) is 12.8. The molecule has 4 nitrogen and oxygen atoms in total. The summed E-state index contributed by atoms with van der Waals surface area (Å²) >= 11 is 24.0. The summed E-state index contributed by atoms with van der Waals surface area (Å²) in [5.74, 6) is -0.784. The van der Waals surface area contributed by atoms with Crippen LogP contribution in [0, 0.1) is 0 Å². The van der Waals surface area contributed by atoms with Gasteiger partial charge in [0.2, 0.25) is 0 Å². The van der Waals surface area contributed by atoms with Crippen LogP contribution >= 0.6 is 46.4 Å². The van der Waals surface area contributed by atoms with Crippen molar-refractivity contribution in [2.45, 2.75) is 0 Å². The van der Waals surface area contributed by atoms with Gasteiger partial charge in [-0.3, -0.25) is 4.79 Å². The Morgan fingerprint density at radius 3 is 2.26 bits per heavy atom. The van der Waals surface area contributed by atoms with Gasteiger partial charge in [0, 0.05) is 15.7 Å². The summed E-state index contributed by atoms with van der Waals surface area (Å²) in [5.41, 5.74) is 0.225. The number of hydrogen-bond donors (Lipinski definition) is 2. The van der Waals surface area contributed by atoms with Crippen LogP contribution in [0.25, 0.3) is 0 Å². The molecule has 8 heteroatoms. The van der Waals surface area contributed by atoms with Gasteiger partial charge < -0.3 is 15.2 Å². The topological polar surface area (TPSA) is 58.6 Å². The highest BCUT2D eigenvalue weighted by atomic mass is 35.5. The van der Waals surface area contributed by atoms with Crippen LogP contribution in [0.3, 0.4) is 0 Å². The lowest BCUT2D eigenvalue weighted by Crippen LogP contribution is -2.14. The first-order chi connectivity index (χ1) is 12.8. The lowest BCUT2D eigenvalue weighted by Gasteiger charge is -2.15. The maximum absolute atomic E-state index is 12.8. The average molecular weight is 443 g/mol. The molecule has 0 fully saturated rings. The van der Waals surface area contributed by atoms with Crippen molar-refractivity contribution in [3.8, 4) is 17.2 Å². The van der Waals surface area contributed by atoms with E-state index in [0.29, 0.717) is 21.5 Å². The van der Waals surface area contributed by atoms with Gasteiger partial charge in [-0.1, -0.05) is 52.5 Å². The second-order valence-corrected chi connectivity index (χ2v) is 7.10. The summed E-state index contributed by atoms with van der Waals surface area (Å²) in [5, 5.41) is 13.9. The molecule has 0 saturated carbocycles. The number of nitrogens with one attached hydrogen (secondary N) is 1. The van der Waals surface area contributed by atoms with E-state index in [-0.39, 0.29) is 21.4 Å². The first-order valence-corrected chi connectivity index (χ1v) is 9.07. The standard InChI is InChI=1S/C19H11Cl4NO3/c20-10-4-6-13(7-5-10)27-18-15(23)9-14(22)17(25)16(18)19(26)24-12-3-1-2-11(21)8-12/h1-9,25H,(H,24,26). The van der Waals surface area contributed by atoms with Gasteiger partial charge in [-0.05, 0) is 48.5 Å². The fourth-order valence-electron chi connectivity index (χ4n) is 2.28. The normalized spacial score (nSPS) is 10.5. The maximum Gasteiger partial charge on any atom is 0.263 e. The van der Waals surface area contributed by atoms with Crippen LogP contribution in [0.2, 0.25) is 20.1 Å². The summed E-state index contributed by atoms with van der Waals surface area (Å²) < 4.78 is 5.72. The minimum Gasteiger partial charge on any atom is -0.505 e. The third kappa shape index (κ3) is 4.60. The van der Waals surface area contributed by atoms with Gasteiger partial charge in [0.05, 0.1) is 10.0 Å². The molecule has 0 saturated heterocycles. The van der Waals surface area contributed by atoms with E-state index in [0.717, 1.165) is 0 Å². The zero-order chi connectivity index (χ0) is 19.6. The fraction of sp³-hybridized carbons (Fsp3) is 0. The molecule has 0 spiro atoms. The molecule has 0 atom stereocenters. The summed E-state index contributed by atoms with van der Waals surface area (Å²) in [7, 11) is 0. The van der Waals surface area contributed by atoms with Gasteiger partial charge in [-0.25, -0.2) is 0 Å². The fourth-order valence-corrected chi connectivity index (χ4v) is 3.10. The minimum atomic E-state index is -0.664. The van der Waals surface area contributed by atoms with Crippen LogP contribution in [-0.4, -0.2) is 11.0 Å². The third-order valence-electron chi connectivity index (χ3n) is 3.50. The molecule has 27 heavy (non-hydrogen) atoms. The second-order valence-electron chi connectivity index (χ2n) is 5.41. The number of carbonyl (C=O) groups excluding carboxylic acids is 1. The molecule has 138 valence electrons. The smallest absolute Gasteiger partial charge is 0.263 e. The molecule has 0 aliphatic rings. The monoisotopic (exact) mass is 441 g/mol. The van der Waals surface area contributed by atoms with E-state index in [9.17, 15) is 9.90 Å². The highest BCUT2D eigenvalue weighted by Crippen LogP contribution is 2.43. The molecule has 0 unspecified atom stereocenters. The quantitative estimate of drug-likeness (QED) is 0.455. The van der Waals surface area contributed by atoms with Crippen LogP contribution in [0.4, 0.5) is 5.69 Å². The summed E-state index contributed by atoms with van der Waals surface area (Å²) in [6.07, 6.45) is 0. The highest BCUT2D eigenvalue weighted by Gasteiger charge is 2.24. The van der Waals surface area contributed by atoms with Gasteiger partial charge in [-0.15, -0.1) is 0 Å². The molecule has 0 aliphatic carbocycles. The number of carbonyl (C=O) groups is 1. The molecular formula is C19H11Cl4NO3. The van der Waals surface area contributed by atoms with Crippen LogP contribution < -0.4 is 10.1 Å². The van der Waals surface area contributed by atoms with E-state index in [1.165, 1.54) is 6.07 Å². The number of hydrogen-bond acceptors (Lipinski definition) is 3. The van der Waals surface area contributed by atoms with E-state index in [4.69, 9.17) is 51.1 Å². The van der Waals surface area contributed by atoms with E-state index in [1.54, 1.807) is 48.5 Å². The molecule has 3 aromatic carbocycles. The zero-order valence-electron chi connectivity index (χ0n) is 13.5. The molecule has 3 rings (SSSR count). The summed E-state index contributed by atoms with van der Waals surface area (Å²) in [6, 6.07) is 14.3. The highest BCUT2D eigenvalue weighted by molar-refractivity contribution is 6.38. The number of phenols is 1. The maximum atomic E-state index is 12.8. The van der Waals surface area contributed by atoms with E-state index < -0.39 is 11.7 Å². The van der Waals surface area contributed by atoms with E-state index >= 15 is 0 Å². The molecule has 0 heterocycles. The van der Waals surface area contributed by atoms with Gasteiger partial charge in [0.15, 0.2) is 11.5 Å². The Balaban J connectivity index is 2.02. The predicted octanol–water partition coefficient (Wildman–Crippen LogP) is 7.05. The first-order valence-electron chi connectivity index (χ1n) is 7.56. The minimum absolute atomic E-state index is 0.0413. The molecular weight excluding hydrogens is 432 g/mol. The van der Waals surface area contributed by atoms with Crippen molar-refractivity contribution in [1.29, 1.82) is 0 Å². The van der Waals surface area contributed by atoms with Crippen LogP contribution in [0.5, 0.6) is 17.2 Å². The largest absolute Gasteiger partial charge is 0.505 e. The van der Waals surface area contributed by atoms with Crippen molar-refractivity contribution >= 4 is 58.0 Å². The molecule has 0 bridgehead atoms.